The first-order valence-corrected chi connectivity index (χ1v) is 7.82. The van der Waals surface area contributed by atoms with E-state index in [9.17, 15) is 9.59 Å². The summed E-state index contributed by atoms with van der Waals surface area (Å²) < 4.78 is 4.70. The number of nitrogens with one attached hydrogen (secondary N) is 1. The monoisotopic (exact) mass is 344 g/mol. The highest BCUT2D eigenvalue weighted by atomic mass is 35.5. The van der Waals surface area contributed by atoms with Gasteiger partial charge in [-0.1, -0.05) is 23.2 Å². The van der Waals surface area contributed by atoms with Gasteiger partial charge in [0, 0.05) is 35.2 Å². The lowest BCUT2D eigenvalue weighted by molar-refractivity contribution is 0.0914. The van der Waals surface area contributed by atoms with Crippen molar-refractivity contribution in [2.75, 3.05) is 26.7 Å². The quantitative estimate of drug-likeness (QED) is 0.915. The van der Waals surface area contributed by atoms with Gasteiger partial charge in [0.05, 0.1) is 7.11 Å². The van der Waals surface area contributed by atoms with Crippen molar-refractivity contribution < 1.29 is 14.3 Å². The van der Waals surface area contributed by atoms with Crippen LogP contribution in [-0.2, 0) is 4.74 Å². The third-order valence-corrected chi connectivity index (χ3v) is 4.16. The first-order chi connectivity index (χ1) is 10.5. The number of ether oxygens (including phenoxy) is 1. The Kier molecular flexibility index (Phi) is 5.91. The molecule has 1 aliphatic heterocycles. The minimum Gasteiger partial charge on any atom is -0.453 e. The van der Waals surface area contributed by atoms with Gasteiger partial charge in [-0.3, -0.25) is 4.79 Å². The molecule has 0 aliphatic carbocycles. The van der Waals surface area contributed by atoms with Crippen molar-refractivity contribution in [3.8, 4) is 0 Å². The number of nitrogens with zero attached hydrogens (tertiary/aromatic N) is 1. The van der Waals surface area contributed by atoms with E-state index < -0.39 is 0 Å². The van der Waals surface area contributed by atoms with E-state index in [1.807, 2.05) is 0 Å². The number of rotatable bonds is 3. The van der Waals surface area contributed by atoms with Gasteiger partial charge in [-0.15, -0.1) is 0 Å². The molecule has 120 valence electrons. The molecule has 1 heterocycles. The third kappa shape index (κ3) is 4.52. The molecule has 7 heteroatoms. The zero-order valence-electron chi connectivity index (χ0n) is 12.3. The summed E-state index contributed by atoms with van der Waals surface area (Å²) in [6, 6.07) is 4.76. The van der Waals surface area contributed by atoms with E-state index in [2.05, 4.69) is 5.32 Å². The Morgan fingerprint density at radius 2 is 1.82 bits per heavy atom. The molecule has 2 rings (SSSR count). The Morgan fingerprint density at radius 3 is 2.36 bits per heavy atom. The number of hydrogen-bond donors (Lipinski definition) is 1. The fraction of sp³-hybridized carbons (Fsp3) is 0.467. The van der Waals surface area contributed by atoms with E-state index in [-0.39, 0.29) is 12.0 Å². The van der Waals surface area contributed by atoms with Crippen LogP contribution in [0.1, 0.15) is 23.2 Å². The van der Waals surface area contributed by atoms with Crippen LogP contribution >= 0.6 is 23.2 Å². The maximum absolute atomic E-state index is 12.1. The second kappa shape index (κ2) is 7.70. The predicted octanol–water partition coefficient (Wildman–Crippen LogP) is 3.20. The molecular weight excluding hydrogens is 327 g/mol. The van der Waals surface area contributed by atoms with Crippen molar-refractivity contribution in [3.63, 3.8) is 0 Å². The summed E-state index contributed by atoms with van der Waals surface area (Å²) in [5.41, 5.74) is 0.449. The van der Waals surface area contributed by atoms with Gasteiger partial charge in [-0.25, -0.2) is 4.79 Å². The van der Waals surface area contributed by atoms with Gasteiger partial charge in [-0.05, 0) is 37.0 Å². The fourth-order valence-electron chi connectivity index (χ4n) is 2.47. The zero-order chi connectivity index (χ0) is 16.1. The van der Waals surface area contributed by atoms with Crippen LogP contribution in [0.5, 0.6) is 0 Å². The minimum absolute atomic E-state index is 0.195. The number of likely N-dealkylation sites (tertiary alicyclic amines) is 1. The van der Waals surface area contributed by atoms with Gasteiger partial charge in [0.1, 0.15) is 0 Å². The number of carbonyl (C=O) groups is 2. The molecule has 1 N–H and O–H groups in total. The summed E-state index contributed by atoms with van der Waals surface area (Å²) in [5.74, 6) is 0.152. The van der Waals surface area contributed by atoms with E-state index in [4.69, 9.17) is 27.9 Å². The highest BCUT2D eigenvalue weighted by Gasteiger charge is 2.23. The van der Waals surface area contributed by atoms with Gasteiger partial charge in [0.2, 0.25) is 0 Å². The molecule has 0 unspecified atom stereocenters. The molecule has 0 bridgehead atoms. The molecule has 22 heavy (non-hydrogen) atoms. The van der Waals surface area contributed by atoms with E-state index >= 15 is 0 Å². The standard InChI is InChI=1S/C15H18Cl2N2O3/c1-22-15(21)19-4-2-10(3-5-19)9-18-14(20)11-6-12(16)8-13(17)7-11/h6-8,10H,2-5,9H2,1H3,(H,18,20). The summed E-state index contributed by atoms with van der Waals surface area (Å²) in [7, 11) is 1.38. The molecule has 0 atom stereocenters. The van der Waals surface area contributed by atoms with Gasteiger partial charge >= 0.3 is 6.09 Å². The molecule has 1 aliphatic rings. The Labute approximate surface area is 139 Å². The zero-order valence-corrected chi connectivity index (χ0v) is 13.8. The van der Waals surface area contributed by atoms with E-state index in [1.54, 1.807) is 23.1 Å². The molecular formula is C15H18Cl2N2O3. The molecule has 0 spiro atoms. The van der Waals surface area contributed by atoms with Crippen molar-refractivity contribution in [1.82, 2.24) is 10.2 Å². The van der Waals surface area contributed by atoms with Crippen molar-refractivity contribution >= 4 is 35.2 Å². The van der Waals surface area contributed by atoms with Crippen molar-refractivity contribution in [1.29, 1.82) is 0 Å². The Hall–Kier alpha value is -1.46. The summed E-state index contributed by atoms with van der Waals surface area (Å²) in [5, 5.41) is 3.76. The lowest BCUT2D eigenvalue weighted by Crippen LogP contribution is -2.41. The van der Waals surface area contributed by atoms with Gasteiger partial charge in [0.25, 0.3) is 5.91 Å². The molecule has 1 saturated heterocycles. The molecule has 1 aromatic carbocycles. The predicted molar refractivity (Wildman–Crippen MR) is 85.5 cm³/mol. The lowest BCUT2D eigenvalue weighted by atomic mass is 9.97. The van der Waals surface area contributed by atoms with Gasteiger partial charge in [-0.2, -0.15) is 0 Å². The van der Waals surface area contributed by atoms with Crippen LogP contribution in [0.25, 0.3) is 0 Å². The number of halogens is 2. The Bertz CT molecular complexity index is 537. The van der Waals surface area contributed by atoms with Crippen LogP contribution in [0.4, 0.5) is 4.79 Å². The largest absolute Gasteiger partial charge is 0.453 e. The summed E-state index contributed by atoms with van der Waals surface area (Å²) in [6.45, 7) is 1.87. The molecule has 2 amide bonds. The van der Waals surface area contributed by atoms with Crippen molar-refractivity contribution in [2.45, 2.75) is 12.8 Å². The van der Waals surface area contributed by atoms with Crippen LogP contribution in [0.2, 0.25) is 10.0 Å². The van der Waals surface area contributed by atoms with E-state index in [1.165, 1.54) is 7.11 Å². The molecule has 0 radical (unpaired) electrons. The number of hydrogen-bond acceptors (Lipinski definition) is 3. The van der Waals surface area contributed by atoms with Crippen LogP contribution in [-0.4, -0.2) is 43.6 Å². The first kappa shape index (κ1) is 16.9. The minimum atomic E-state index is -0.295. The lowest BCUT2D eigenvalue weighted by Gasteiger charge is -2.30. The van der Waals surface area contributed by atoms with E-state index in [0.717, 1.165) is 12.8 Å². The highest BCUT2D eigenvalue weighted by Crippen LogP contribution is 2.20. The molecule has 1 fully saturated rings. The summed E-state index contributed by atoms with van der Waals surface area (Å²) >= 11 is 11.8. The normalized spacial score (nSPS) is 15.5. The molecule has 0 aromatic heterocycles. The van der Waals surface area contributed by atoms with Crippen molar-refractivity contribution in [3.05, 3.63) is 33.8 Å². The highest BCUT2D eigenvalue weighted by molar-refractivity contribution is 6.35. The Balaban J connectivity index is 1.81. The second-order valence-electron chi connectivity index (χ2n) is 5.27. The average Bonchev–Trinajstić information content (AvgIpc) is 2.51. The SMILES string of the molecule is COC(=O)N1CCC(CNC(=O)c2cc(Cl)cc(Cl)c2)CC1. The smallest absolute Gasteiger partial charge is 0.409 e. The number of carbonyl (C=O) groups excluding carboxylic acids is 2. The second-order valence-corrected chi connectivity index (χ2v) is 6.14. The molecule has 0 saturated carbocycles. The number of amides is 2. The molecule has 5 nitrogen and oxygen atoms in total. The number of piperidine rings is 1. The van der Waals surface area contributed by atoms with Crippen LogP contribution < -0.4 is 5.32 Å². The fourth-order valence-corrected chi connectivity index (χ4v) is 3.00. The molecule has 1 aromatic rings. The van der Waals surface area contributed by atoms with Crippen molar-refractivity contribution in [2.24, 2.45) is 5.92 Å². The summed E-state index contributed by atoms with van der Waals surface area (Å²) in [6.07, 6.45) is 1.38. The van der Waals surface area contributed by atoms with Crippen LogP contribution in [0, 0.1) is 5.92 Å². The van der Waals surface area contributed by atoms with Crippen LogP contribution in [0.15, 0.2) is 18.2 Å². The van der Waals surface area contributed by atoms with Gasteiger partial charge in [0.15, 0.2) is 0 Å². The topological polar surface area (TPSA) is 58.6 Å². The Morgan fingerprint density at radius 1 is 1.23 bits per heavy atom. The number of methoxy groups -OCH3 is 1. The first-order valence-electron chi connectivity index (χ1n) is 7.06. The maximum atomic E-state index is 12.1. The van der Waals surface area contributed by atoms with E-state index in [0.29, 0.717) is 41.2 Å². The third-order valence-electron chi connectivity index (χ3n) is 3.72. The number of benzene rings is 1. The summed E-state index contributed by atoms with van der Waals surface area (Å²) in [4.78, 5) is 25.2. The maximum Gasteiger partial charge on any atom is 0.409 e. The average molecular weight is 345 g/mol. The van der Waals surface area contributed by atoms with Crippen LogP contribution in [0.3, 0.4) is 0 Å². The van der Waals surface area contributed by atoms with Gasteiger partial charge < -0.3 is 15.0 Å².